The second kappa shape index (κ2) is 5.74. The standard InChI is InChI=1S/C13H8Cl4O2S/c1-20(18,19)13-5-9(11(16)6-12(13)17)8-4-7(14)2-3-10(8)15/h2-6H,1H3. The summed E-state index contributed by atoms with van der Waals surface area (Å²) in [5.41, 5.74) is 1.01. The lowest BCUT2D eigenvalue weighted by Gasteiger charge is -2.11. The van der Waals surface area contributed by atoms with Gasteiger partial charge in [-0.25, -0.2) is 8.42 Å². The lowest BCUT2D eigenvalue weighted by atomic mass is 10.1. The Balaban J connectivity index is 2.78. The molecule has 0 fully saturated rings. The van der Waals surface area contributed by atoms with Crippen molar-refractivity contribution in [1.29, 1.82) is 0 Å². The zero-order valence-corrected chi connectivity index (χ0v) is 14.0. The van der Waals surface area contributed by atoms with Gasteiger partial charge in [0.1, 0.15) is 0 Å². The maximum atomic E-state index is 11.7. The smallest absolute Gasteiger partial charge is 0.177 e. The predicted molar refractivity (Wildman–Crippen MR) is 85.0 cm³/mol. The zero-order valence-electron chi connectivity index (χ0n) is 10.1. The Morgan fingerprint density at radius 2 is 1.40 bits per heavy atom. The van der Waals surface area contributed by atoms with E-state index >= 15 is 0 Å². The third-order valence-corrected chi connectivity index (χ3v) is 5.08. The summed E-state index contributed by atoms with van der Waals surface area (Å²) in [5.74, 6) is 0. The van der Waals surface area contributed by atoms with Crippen LogP contribution in [0.5, 0.6) is 0 Å². The molecule has 0 aromatic heterocycles. The van der Waals surface area contributed by atoms with Crippen molar-refractivity contribution in [3.63, 3.8) is 0 Å². The molecule has 0 amide bonds. The molecule has 0 unspecified atom stereocenters. The van der Waals surface area contributed by atoms with Crippen LogP contribution in [0.3, 0.4) is 0 Å². The highest BCUT2D eigenvalue weighted by Crippen LogP contribution is 2.38. The molecule has 0 radical (unpaired) electrons. The molecular formula is C13H8Cl4O2S. The van der Waals surface area contributed by atoms with Gasteiger partial charge >= 0.3 is 0 Å². The van der Waals surface area contributed by atoms with E-state index in [9.17, 15) is 8.42 Å². The van der Waals surface area contributed by atoms with Crippen LogP contribution in [0, 0.1) is 0 Å². The fourth-order valence-electron chi connectivity index (χ4n) is 1.72. The number of benzene rings is 2. The van der Waals surface area contributed by atoms with Gasteiger partial charge in [0.05, 0.1) is 14.9 Å². The highest BCUT2D eigenvalue weighted by atomic mass is 35.5. The summed E-state index contributed by atoms with van der Waals surface area (Å²) in [6.07, 6.45) is 1.07. The largest absolute Gasteiger partial charge is 0.224 e. The topological polar surface area (TPSA) is 34.1 Å². The quantitative estimate of drug-likeness (QED) is 0.712. The van der Waals surface area contributed by atoms with Gasteiger partial charge in [-0.2, -0.15) is 0 Å². The molecule has 0 spiro atoms. The Bertz CT molecular complexity index is 785. The van der Waals surface area contributed by atoms with Crippen molar-refractivity contribution in [3.8, 4) is 11.1 Å². The first-order chi connectivity index (χ1) is 9.20. The highest BCUT2D eigenvalue weighted by molar-refractivity contribution is 7.90. The molecule has 2 rings (SSSR count). The molecule has 2 nitrogen and oxygen atoms in total. The van der Waals surface area contributed by atoms with Gasteiger partial charge in [-0.1, -0.05) is 46.4 Å². The number of sulfone groups is 1. The van der Waals surface area contributed by atoms with Gasteiger partial charge in [0, 0.05) is 27.4 Å². The van der Waals surface area contributed by atoms with Crippen molar-refractivity contribution < 1.29 is 8.42 Å². The van der Waals surface area contributed by atoms with E-state index in [1.165, 1.54) is 12.1 Å². The molecule has 0 saturated carbocycles. The average Bonchev–Trinajstić information content (AvgIpc) is 2.31. The van der Waals surface area contributed by atoms with Crippen LogP contribution >= 0.6 is 46.4 Å². The fraction of sp³-hybridized carbons (Fsp3) is 0.0769. The highest BCUT2D eigenvalue weighted by Gasteiger charge is 2.18. The van der Waals surface area contributed by atoms with E-state index in [1.54, 1.807) is 18.2 Å². The first kappa shape index (κ1) is 15.9. The normalized spacial score (nSPS) is 11.7. The minimum Gasteiger partial charge on any atom is -0.224 e. The summed E-state index contributed by atoms with van der Waals surface area (Å²) in [5, 5.41) is 1.25. The first-order valence-electron chi connectivity index (χ1n) is 5.34. The first-order valence-corrected chi connectivity index (χ1v) is 8.75. The summed E-state index contributed by atoms with van der Waals surface area (Å²) >= 11 is 24.1. The van der Waals surface area contributed by atoms with E-state index in [-0.39, 0.29) is 9.92 Å². The minimum absolute atomic E-state index is 0.00499. The lowest BCUT2D eigenvalue weighted by molar-refractivity contribution is 0.602. The van der Waals surface area contributed by atoms with Crippen LogP contribution in [0.15, 0.2) is 35.2 Å². The molecule has 106 valence electrons. The molecule has 0 bridgehead atoms. The number of hydrogen-bond acceptors (Lipinski definition) is 2. The summed E-state index contributed by atoms with van der Waals surface area (Å²) in [7, 11) is -3.47. The fourth-order valence-corrected chi connectivity index (χ4v) is 3.77. The zero-order chi connectivity index (χ0) is 15.1. The molecule has 0 heterocycles. The SMILES string of the molecule is CS(=O)(=O)c1cc(-c2cc(Cl)ccc2Cl)c(Cl)cc1Cl. The van der Waals surface area contributed by atoms with Gasteiger partial charge in [0.2, 0.25) is 0 Å². The third kappa shape index (κ3) is 3.23. The molecule has 7 heteroatoms. The van der Waals surface area contributed by atoms with Crippen molar-refractivity contribution >= 4 is 56.2 Å². The number of rotatable bonds is 2. The molecule has 2 aromatic carbocycles. The Labute approximate surface area is 137 Å². The van der Waals surface area contributed by atoms with Crippen LogP contribution in [-0.4, -0.2) is 14.7 Å². The average molecular weight is 370 g/mol. The number of halogens is 4. The Hall–Kier alpha value is -0.450. The minimum atomic E-state index is -3.47. The van der Waals surface area contributed by atoms with Crippen LogP contribution < -0.4 is 0 Å². The summed E-state index contributed by atoms with van der Waals surface area (Å²) in [6, 6.07) is 7.65. The van der Waals surface area contributed by atoms with Crippen molar-refractivity contribution in [2.75, 3.05) is 6.26 Å². The summed E-state index contributed by atoms with van der Waals surface area (Å²) in [4.78, 5) is -0.00499. The van der Waals surface area contributed by atoms with E-state index in [4.69, 9.17) is 46.4 Å². The Morgan fingerprint density at radius 3 is 2.00 bits per heavy atom. The summed E-state index contributed by atoms with van der Waals surface area (Å²) in [6.45, 7) is 0. The van der Waals surface area contributed by atoms with E-state index in [2.05, 4.69) is 0 Å². The summed E-state index contributed by atoms with van der Waals surface area (Å²) < 4.78 is 23.4. The van der Waals surface area contributed by atoms with Crippen molar-refractivity contribution in [2.45, 2.75) is 4.90 Å². The molecule has 0 aliphatic carbocycles. The maximum absolute atomic E-state index is 11.7. The van der Waals surface area contributed by atoms with Crippen LogP contribution in [0.25, 0.3) is 11.1 Å². The maximum Gasteiger partial charge on any atom is 0.177 e. The predicted octanol–water partition coefficient (Wildman–Crippen LogP) is 5.37. The van der Waals surface area contributed by atoms with Gasteiger partial charge in [0.25, 0.3) is 0 Å². The second-order valence-electron chi connectivity index (χ2n) is 4.16. The van der Waals surface area contributed by atoms with Crippen LogP contribution in [-0.2, 0) is 9.84 Å². The Morgan fingerprint density at radius 1 is 0.800 bits per heavy atom. The van der Waals surface area contributed by atoms with E-state index in [0.29, 0.717) is 26.2 Å². The van der Waals surface area contributed by atoms with Crippen molar-refractivity contribution in [3.05, 3.63) is 50.4 Å². The molecule has 0 N–H and O–H groups in total. The van der Waals surface area contributed by atoms with Crippen LogP contribution in [0.4, 0.5) is 0 Å². The van der Waals surface area contributed by atoms with Gasteiger partial charge in [-0.15, -0.1) is 0 Å². The van der Waals surface area contributed by atoms with Gasteiger partial charge in [-0.05, 0) is 30.3 Å². The molecule has 0 aliphatic heterocycles. The number of hydrogen-bond donors (Lipinski definition) is 0. The Kier molecular flexibility index (Phi) is 4.57. The molecule has 2 aromatic rings. The lowest BCUT2D eigenvalue weighted by Crippen LogP contribution is -1.99. The van der Waals surface area contributed by atoms with E-state index in [0.717, 1.165) is 6.26 Å². The molecular weight excluding hydrogens is 362 g/mol. The monoisotopic (exact) mass is 368 g/mol. The second-order valence-corrected chi connectivity index (χ2v) is 7.80. The van der Waals surface area contributed by atoms with E-state index in [1.807, 2.05) is 0 Å². The van der Waals surface area contributed by atoms with Gasteiger partial charge in [0.15, 0.2) is 9.84 Å². The molecule has 0 aliphatic rings. The van der Waals surface area contributed by atoms with Gasteiger partial charge < -0.3 is 0 Å². The van der Waals surface area contributed by atoms with Crippen LogP contribution in [0.2, 0.25) is 20.1 Å². The van der Waals surface area contributed by atoms with Crippen molar-refractivity contribution in [1.82, 2.24) is 0 Å². The molecule has 20 heavy (non-hydrogen) atoms. The van der Waals surface area contributed by atoms with Gasteiger partial charge in [-0.3, -0.25) is 0 Å². The van der Waals surface area contributed by atoms with Crippen molar-refractivity contribution in [2.24, 2.45) is 0 Å². The molecule has 0 atom stereocenters. The van der Waals surface area contributed by atoms with Crippen LogP contribution in [0.1, 0.15) is 0 Å². The molecule has 0 saturated heterocycles. The third-order valence-electron chi connectivity index (χ3n) is 2.64. The van der Waals surface area contributed by atoms with E-state index < -0.39 is 9.84 Å².